The standard InChI is InChI=1S/C11H14ClNO/c12-10-3-1-2-9(5-10)11(14)4-8-6-13-7-8/h1-3,5,8,11,13-14H,4,6-7H2. The summed E-state index contributed by atoms with van der Waals surface area (Å²) in [5.74, 6) is 0.615. The molecule has 1 unspecified atom stereocenters. The van der Waals surface area contributed by atoms with Gasteiger partial charge < -0.3 is 10.4 Å². The molecule has 2 N–H and O–H groups in total. The molecule has 1 aromatic rings. The summed E-state index contributed by atoms with van der Waals surface area (Å²) in [4.78, 5) is 0. The molecular formula is C11H14ClNO. The van der Waals surface area contributed by atoms with E-state index in [2.05, 4.69) is 5.32 Å². The molecule has 0 saturated carbocycles. The van der Waals surface area contributed by atoms with Crippen molar-refractivity contribution in [2.45, 2.75) is 12.5 Å². The highest BCUT2D eigenvalue weighted by Crippen LogP contribution is 2.24. The van der Waals surface area contributed by atoms with Crippen molar-refractivity contribution < 1.29 is 5.11 Å². The maximum absolute atomic E-state index is 9.89. The van der Waals surface area contributed by atoms with Crippen LogP contribution in [0, 0.1) is 5.92 Å². The van der Waals surface area contributed by atoms with Gasteiger partial charge in [0.05, 0.1) is 6.10 Å². The summed E-state index contributed by atoms with van der Waals surface area (Å²) in [6, 6.07) is 7.45. The predicted molar refractivity (Wildman–Crippen MR) is 57.4 cm³/mol. The molecule has 2 rings (SSSR count). The van der Waals surface area contributed by atoms with Crippen LogP contribution in [0.5, 0.6) is 0 Å². The second-order valence-electron chi connectivity index (χ2n) is 3.83. The summed E-state index contributed by atoms with van der Waals surface area (Å²) < 4.78 is 0. The van der Waals surface area contributed by atoms with E-state index in [1.54, 1.807) is 0 Å². The second kappa shape index (κ2) is 4.30. The quantitative estimate of drug-likeness (QED) is 0.802. The first-order chi connectivity index (χ1) is 6.75. The van der Waals surface area contributed by atoms with E-state index in [9.17, 15) is 5.11 Å². The molecular weight excluding hydrogens is 198 g/mol. The van der Waals surface area contributed by atoms with Gasteiger partial charge in [-0.3, -0.25) is 0 Å². The van der Waals surface area contributed by atoms with Crippen LogP contribution in [0.15, 0.2) is 24.3 Å². The Labute approximate surface area is 88.9 Å². The van der Waals surface area contributed by atoms with E-state index in [0.717, 1.165) is 25.1 Å². The van der Waals surface area contributed by atoms with Crippen LogP contribution in [0.4, 0.5) is 0 Å². The lowest BCUT2D eigenvalue weighted by Crippen LogP contribution is -2.42. The molecule has 1 heterocycles. The Bertz CT molecular complexity index is 312. The van der Waals surface area contributed by atoms with Crippen LogP contribution >= 0.6 is 11.6 Å². The number of halogens is 1. The fourth-order valence-electron chi connectivity index (χ4n) is 1.68. The number of aliphatic hydroxyl groups excluding tert-OH is 1. The molecule has 3 heteroatoms. The van der Waals surface area contributed by atoms with Gasteiger partial charge in [0.25, 0.3) is 0 Å². The van der Waals surface area contributed by atoms with Crippen LogP contribution < -0.4 is 5.32 Å². The molecule has 1 saturated heterocycles. The molecule has 1 aliphatic rings. The maximum Gasteiger partial charge on any atom is 0.0794 e. The highest BCUT2D eigenvalue weighted by atomic mass is 35.5. The monoisotopic (exact) mass is 211 g/mol. The van der Waals surface area contributed by atoms with Crippen molar-refractivity contribution in [1.82, 2.24) is 5.32 Å². The van der Waals surface area contributed by atoms with Crippen molar-refractivity contribution in [3.8, 4) is 0 Å². The van der Waals surface area contributed by atoms with E-state index in [1.165, 1.54) is 0 Å². The van der Waals surface area contributed by atoms with Gasteiger partial charge in [-0.15, -0.1) is 0 Å². The minimum atomic E-state index is -0.374. The summed E-state index contributed by atoms with van der Waals surface area (Å²) in [6.45, 7) is 2.05. The van der Waals surface area contributed by atoms with Crippen LogP contribution in [0.25, 0.3) is 0 Å². The second-order valence-corrected chi connectivity index (χ2v) is 4.27. The summed E-state index contributed by atoms with van der Waals surface area (Å²) in [7, 11) is 0. The van der Waals surface area contributed by atoms with Crippen molar-refractivity contribution in [1.29, 1.82) is 0 Å². The van der Waals surface area contributed by atoms with E-state index >= 15 is 0 Å². The topological polar surface area (TPSA) is 32.3 Å². The van der Waals surface area contributed by atoms with Crippen LogP contribution in [0.1, 0.15) is 18.1 Å². The number of hydrogen-bond donors (Lipinski definition) is 2. The molecule has 1 aliphatic heterocycles. The number of benzene rings is 1. The average Bonchev–Trinajstić information content (AvgIpc) is 2.11. The Morgan fingerprint density at radius 2 is 2.29 bits per heavy atom. The third kappa shape index (κ3) is 2.27. The van der Waals surface area contributed by atoms with Crippen LogP contribution in [-0.4, -0.2) is 18.2 Å². The van der Waals surface area contributed by atoms with Gasteiger partial charge >= 0.3 is 0 Å². The zero-order chi connectivity index (χ0) is 9.97. The van der Waals surface area contributed by atoms with Crippen molar-refractivity contribution >= 4 is 11.6 Å². The fourth-order valence-corrected chi connectivity index (χ4v) is 1.88. The van der Waals surface area contributed by atoms with E-state index in [-0.39, 0.29) is 6.10 Å². The highest BCUT2D eigenvalue weighted by Gasteiger charge is 2.21. The van der Waals surface area contributed by atoms with Gasteiger partial charge in [-0.25, -0.2) is 0 Å². The van der Waals surface area contributed by atoms with E-state index in [1.807, 2.05) is 24.3 Å². The smallest absolute Gasteiger partial charge is 0.0794 e. The number of nitrogens with one attached hydrogen (secondary N) is 1. The lowest BCUT2D eigenvalue weighted by Gasteiger charge is -2.29. The summed E-state index contributed by atoms with van der Waals surface area (Å²) >= 11 is 5.85. The number of aliphatic hydroxyl groups is 1. The Hall–Kier alpha value is -0.570. The van der Waals surface area contributed by atoms with E-state index in [0.29, 0.717) is 10.9 Å². The molecule has 0 aliphatic carbocycles. The number of hydrogen-bond acceptors (Lipinski definition) is 2. The highest BCUT2D eigenvalue weighted by molar-refractivity contribution is 6.30. The minimum absolute atomic E-state index is 0.374. The van der Waals surface area contributed by atoms with Crippen LogP contribution in [0.2, 0.25) is 5.02 Å². The van der Waals surface area contributed by atoms with E-state index < -0.39 is 0 Å². The van der Waals surface area contributed by atoms with Gasteiger partial charge in [0.2, 0.25) is 0 Å². The summed E-state index contributed by atoms with van der Waals surface area (Å²) in [5, 5.41) is 13.8. The van der Waals surface area contributed by atoms with Gasteiger partial charge in [-0.1, -0.05) is 23.7 Å². The van der Waals surface area contributed by atoms with Gasteiger partial charge in [-0.05, 0) is 43.1 Å². The lowest BCUT2D eigenvalue weighted by molar-refractivity contribution is 0.127. The molecule has 0 amide bonds. The molecule has 2 nitrogen and oxygen atoms in total. The van der Waals surface area contributed by atoms with E-state index in [4.69, 9.17) is 11.6 Å². The summed E-state index contributed by atoms with van der Waals surface area (Å²) in [5.41, 5.74) is 0.921. The molecule has 1 fully saturated rings. The third-order valence-electron chi connectivity index (χ3n) is 2.66. The zero-order valence-electron chi connectivity index (χ0n) is 7.91. The maximum atomic E-state index is 9.89. The summed E-state index contributed by atoms with van der Waals surface area (Å²) in [6.07, 6.45) is 0.452. The van der Waals surface area contributed by atoms with Crippen LogP contribution in [-0.2, 0) is 0 Å². The van der Waals surface area contributed by atoms with Gasteiger partial charge in [0.15, 0.2) is 0 Å². The lowest BCUT2D eigenvalue weighted by atomic mass is 9.93. The first-order valence-electron chi connectivity index (χ1n) is 4.90. The van der Waals surface area contributed by atoms with Crippen molar-refractivity contribution in [2.75, 3.05) is 13.1 Å². The SMILES string of the molecule is OC(CC1CNC1)c1cccc(Cl)c1. The van der Waals surface area contributed by atoms with Gasteiger partial charge in [0.1, 0.15) is 0 Å². The molecule has 0 aromatic heterocycles. The molecule has 1 aromatic carbocycles. The fraction of sp³-hybridized carbons (Fsp3) is 0.455. The van der Waals surface area contributed by atoms with Crippen LogP contribution in [0.3, 0.4) is 0 Å². The van der Waals surface area contributed by atoms with Crippen molar-refractivity contribution in [2.24, 2.45) is 5.92 Å². The molecule has 0 bridgehead atoms. The average molecular weight is 212 g/mol. The van der Waals surface area contributed by atoms with Gasteiger partial charge in [0, 0.05) is 5.02 Å². The van der Waals surface area contributed by atoms with Crippen molar-refractivity contribution in [3.05, 3.63) is 34.9 Å². The largest absolute Gasteiger partial charge is 0.388 e. The Kier molecular flexibility index (Phi) is 3.06. The Morgan fingerprint density at radius 3 is 2.86 bits per heavy atom. The Morgan fingerprint density at radius 1 is 1.50 bits per heavy atom. The first-order valence-corrected chi connectivity index (χ1v) is 5.28. The predicted octanol–water partition coefficient (Wildman–Crippen LogP) is 1.98. The third-order valence-corrected chi connectivity index (χ3v) is 2.89. The molecule has 76 valence electrons. The Balaban J connectivity index is 1.98. The normalized spacial score (nSPS) is 19.0. The first kappa shape index (κ1) is 9.97. The molecule has 14 heavy (non-hydrogen) atoms. The molecule has 1 atom stereocenters. The van der Waals surface area contributed by atoms with Gasteiger partial charge in [-0.2, -0.15) is 0 Å². The zero-order valence-corrected chi connectivity index (χ0v) is 8.67. The molecule has 0 spiro atoms. The number of rotatable bonds is 3. The minimum Gasteiger partial charge on any atom is -0.388 e. The molecule has 0 radical (unpaired) electrons. The van der Waals surface area contributed by atoms with Crippen molar-refractivity contribution in [3.63, 3.8) is 0 Å².